The van der Waals surface area contributed by atoms with Crippen molar-refractivity contribution in [2.75, 3.05) is 17.7 Å². The minimum absolute atomic E-state index is 0.0525. The second-order valence-electron chi connectivity index (χ2n) is 11.1. The molecule has 3 saturated heterocycles. The van der Waals surface area contributed by atoms with Crippen LogP contribution in [0.3, 0.4) is 0 Å². The Kier molecular flexibility index (Phi) is 8.12. The fraction of sp³-hybridized carbons (Fsp3) is 0.375. The number of halogens is 1. The number of piperidine rings is 1. The van der Waals surface area contributed by atoms with E-state index in [2.05, 4.69) is 44.6 Å². The second-order valence-corrected chi connectivity index (χ2v) is 12.0. The van der Waals surface area contributed by atoms with Gasteiger partial charge in [-0.15, -0.1) is 0 Å². The van der Waals surface area contributed by atoms with E-state index in [1.165, 1.54) is 0 Å². The molecule has 5 atom stereocenters. The Morgan fingerprint density at radius 3 is 2.39 bits per heavy atom. The Labute approximate surface area is 248 Å². The Hall–Kier alpha value is -3.24. The smallest absolute Gasteiger partial charge is 0.411 e. The van der Waals surface area contributed by atoms with Gasteiger partial charge < -0.3 is 19.9 Å². The highest BCUT2D eigenvalue weighted by Gasteiger charge is 2.62. The summed E-state index contributed by atoms with van der Waals surface area (Å²) < 4.78 is 12.4. The van der Waals surface area contributed by atoms with E-state index in [9.17, 15) is 14.7 Å². The monoisotopic (exact) mass is 619 g/mol. The van der Waals surface area contributed by atoms with Crippen LogP contribution < -0.4 is 10.6 Å². The summed E-state index contributed by atoms with van der Waals surface area (Å²) in [5, 5.41) is 15.2. The molecule has 0 aliphatic carbocycles. The fourth-order valence-electron chi connectivity index (χ4n) is 6.22. The van der Waals surface area contributed by atoms with Crippen LogP contribution in [0, 0.1) is 0 Å². The molecule has 0 saturated carbocycles. The molecule has 214 valence electrons. The summed E-state index contributed by atoms with van der Waals surface area (Å²) in [5.74, 6) is -0.0713. The zero-order chi connectivity index (χ0) is 28.5. The topological polar surface area (TPSA) is 103 Å². The predicted octanol–water partition coefficient (Wildman–Crippen LogP) is 5.73. The van der Waals surface area contributed by atoms with E-state index in [1.54, 1.807) is 18.2 Å². The lowest BCUT2D eigenvalue weighted by atomic mass is 9.98. The van der Waals surface area contributed by atoms with Crippen LogP contribution in [0.4, 0.5) is 16.2 Å². The highest BCUT2D eigenvalue weighted by Crippen LogP contribution is 2.48. The number of hydrogen-bond acceptors (Lipinski definition) is 6. The van der Waals surface area contributed by atoms with Crippen molar-refractivity contribution in [2.24, 2.45) is 0 Å². The quantitative estimate of drug-likeness (QED) is 0.264. The van der Waals surface area contributed by atoms with Gasteiger partial charge in [-0.2, -0.15) is 0 Å². The minimum atomic E-state index is -0.437. The molecule has 3 aliphatic heterocycles. The molecule has 6 rings (SSSR count). The molecule has 3 heterocycles. The number of ether oxygens (including phenoxy) is 2. The van der Waals surface area contributed by atoms with Gasteiger partial charge in [-0.05, 0) is 76.8 Å². The molecule has 8 nitrogen and oxygen atoms in total. The first kappa shape index (κ1) is 27.9. The number of amides is 2. The number of aliphatic hydroxyl groups excluding tert-OH is 1. The number of morpholine rings is 1. The lowest BCUT2D eigenvalue weighted by Gasteiger charge is -2.37. The molecular formula is C32H34BrN3O5. The molecule has 1 unspecified atom stereocenters. The number of epoxide rings is 1. The van der Waals surface area contributed by atoms with Gasteiger partial charge in [-0.1, -0.05) is 42.5 Å². The number of hydrogen-bond donors (Lipinski definition) is 3. The molecule has 3 aromatic carbocycles. The zero-order valence-corrected chi connectivity index (χ0v) is 24.5. The third kappa shape index (κ3) is 6.18. The maximum Gasteiger partial charge on any atom is 0.411 e. The van der Waals surface area contributed by atoms with E-state index >= 15 is 0 Å². The first-order chi connectivity index (χ1) is 19.9. The number of anilines is 2. The van der Waals surface area contributed by atoms with E-state index in [-0.39, 0.29) is 18.6 Å². The molecule has 3 aliphatic rings. The first-order valence-corrected chi connectivity index (χ1v) is 14.9. The van der Waals surface area contributed by atoms with E-state index in [0.29, 0.717) is 54.9 Å². The molecule has 3 N–H and O–H groups in total. The number of benzene rings is 3. The summed E-state index contributed by atoms with van der Waals surface area (Å²) in [5.41, 5.74) is 5.13. The summed E-state index contributed by atoms with van der Waals surface area (Å²) in [6, 6.07) is 21.9. The summed E-state index contributed by atoms with van der Waals surface area (Å²) in [6.07, 6.45) is 3.39. The third-order valence-corrected chi connectivity index (χ3v) is 9.07. The van der Waals surface area contributed by atoms with Crippen LogP contribution in [0.2, 0.25) is 0 Å². The minimum Gasteiger partial charge on any atom is -0.446 e. The number of carbonyl (C=O) groups excluding carboxylic acids is 2. The third-order valence-electron chi connectivity index (χ3n) is 8.41. The van der Waals surface area contributed by atoms with Gasteiger partial charge in [0.25, 0.3) is 0 Å². The molecule has 0 spiro atoms. The number of nitrogens with zero attached hydrogens (tertiary/aromatic N) is 1. The van der Waals surface area contributed by atoms with Gasteiger partial charge in [0.05, 0.1) is 18.0 Å². The van der Waals surface area contributed by atoms with E-state index < -0.39 is 6.09 Å². The van der Waals surface area contributed by atoms with Crippen LogP contribution in [0.1, 0.15) is 36.8 Å². The number of aliphatic hydroxyl groups is 1. The summed E-state index contributed by atoms with van der Waals surface area (Å²) in [4.78, 5) is 27.9. The Bertz CT molecular complexity index is 1420. The summed E-state index contributed by atoms with van der Waals surface area (Å²) in [7, 11) is 2.14. The lowest BCUT2D eigenvalue weighted by molar-refractivity contribution is -0.116. The van der Waals surface area contributed by atoms with Gasteiger partial charge in [0.15, 0.2) is 0 Å². The van der Waals surface area contributed by atoms with Gasteiger partial charge in [0.1, 0.15) is 18.3 Å². The van der Waals surface area contributed by atoms with Crippen LogP contribution in [-0.2, 0) is 27.3 Å². The van der Waals surface area contributed by atoms with Crippen LogP contribution >= 0.6 is 15.9 Å². The molecular weight excluding hydrogens is 586 g/mol. The maximum atomic E-state index is 13.0. The van der Waals surface area contributed by atoms with Crippen LogP contribution in [0.15, 0.2) is 71.2 Å². The highest BCUT2D eigenvalue weighted by molar-refractivity contribution is 9.10. The Morgan fingerprint density at radius 2 is 1.68 bits per heavy atom. The standard InChI is InChI=1S/C32H34BrN3O5/c1-36-27-16-22(17-28(36)31-30(27)41-31)40-32(39)35-25-12-10-19(14-23(25)21-7-3-2-4-8-21)6-5-9-29(38)34-26-13-11-20(18-37)15-24(26)33/h2-4,7-8,10-15,22,27-28,30-31,37H,5-6,9,16-18H2,1H3,(H,34,38)(H,35,39)/t22?,27-,28-,30-,31+/m0/s1. The summed E-state index contributed by atoms with van der Waals surface area (Å²) in [6.45, 7) is -0.0525. The van der Waals surface area contributed by atoms with Crippen LogP contribution in [0.5, 0.6) is 0 Å². The number of rotatable bonds is 9. The van der Waals surface area contributed by atoms with Gasteiger partial charge in [0, 0.05) is 41.4 Å². The molecule has 3 aromatic rings. The number of fused-ring (bicyclic) bond motifs is 5. The molecule has 0 aromatic heterocycles. The van der Waals surface area contributed by atoms with Crippen molar-refractivity contribution >= 4 is 39.3 Å². The SMILES string of the molecule is CN1[C@H]2CC(OC(=O)Nc3ccc(CCCC(=O)Nc4ccc(CO)cc4Br)cc3-c3ccccc3)C[C@H]1[C@H]1O[C@H]12. The Morgan fingerprint density at radius 1 is 0.976 bits per heavy atom. The number of nitrogens with one attached hydrogen (secondary N) is 2. The van der Waals surface area contributed by atoms with E-state index in [4.69, 9.17) is 9.47 Å². The van der Waals surface area contributed by atoms with E-state index in [0.717, 1.165) is 39.6 Å². The van der Waals surface area contributed by atoms with Crippen molar-refractivity contribution in [1.82, 2.24) is 4.90 Å². The van der Waals surface area contributed by atoms with Crippen molar-refractivity contribution in [3.8, 4) is 11.1 Å². The maximum absolute atomic E-state index is 13.0. The van der Waals surface area contributed by atoms with Gasteiger partial charge in [-0.3, -0.25) is 15.0 Å². The van der Waals surface area contributed by atoms with E-state index in [1.807, 2.05) is 42.5 Å². The van der Waals surface area contributed by atoms with Crippen molar-refractivity contribution in [3.63, 3.8) is 0 Å². The zero-order valence-electron chi connectivity index (χ0n) is 22.9. The molecule has 0 radical (unpaired) electrons. The fourth-order valence-corrected chi connectivity index (χ4v) is 6.75. The molecule has 3 fully saturated rings. The van der Waals surface area contributed by atoms with Crippen molar-refractivity contribution < 1.29 is 24.2 Å². The highest BCUT2D eigenvalue weighted by atomic mass is 79.9. The van der Waals surface area contributed by atoms with Crippen LogP contribution in [0.25, 0.3) is 11.1 Å². The molecule has 41 heavy (non-hydrogen) atoms. The van der Waals surface area contributed by atoms with Gasteiger partial charge in [0.2, 0.25) is 5.91 Å². The Balaban J connectivity index is 1.07. The van der Waals surface area contributed by atoms with Gasteiger partial charge >= 0.3 is 6.09 Å². The predicted molar refractivity (Wildman–Crippen MR) is 161 cm³/mol. The lowest BCUT2D eigenvalue weighted by Crippen LogP contribution is -2.48. The molecule has 9 heteroatoms. The molecule has 2 amide bonds. The van der Waals surface area contributed by atoms with Crippen LogP contribution in [-0.4, -0.2) is 59.5 Å². The second kappa shape index (κ2) is 11.9. The number of likely N-dealkylation sites (N-methyl/N-ethyl adjacent to an activating group) is 1. The van der Waals surface area contributed by atoms with Crippen molar-refractivity contribution in [3.05, 3.63) is 82.3 Å². The average Bonchev–Trinajstić information content (AvgIpc) is 3.74. The van der Waals surface area contributed by atoms with Gasteiger partial charge in [-0.25, -0.2) is 4.79 Å². The van der Waals surface area contributed by atoms with Crippen molar-refractivity contribution in [2.45, 2.75) is 69.1 Å². The number of aryl methyl sites for hydroxylation is 1. The normalized spacial score (nSPS) is 24.4. The largest absolute Gasteiger partial charge is 0.446 e. The average molecular weight is 621 g/mol. The first-order valence-electron chi connectivity index (χ1n) is 14.1. The molecule has 2 bridgehead atoms. The van der Waals surface area contributed by atoms with Crippen molar-refractivity contribution in [1.29, 1.82) is 0 Å². The number of carbonyl (C=O) groups is 2. The summed E-state index contributed by atoms with van der Waals surface area (Å²) >= 11 is 3.45.